The van der Waals surface area contributed by atoms with Crippen LogP contribution in [0, 0.1) is 6.92 Å². The molecule has 1 aliphatic heterocycles. The number of nitrogen functional groups attached to an aromatic ring is 2. The van der Waals surface area contributed by atoms with Gasteiger partial charge in [-0.15, -0.1) is 0 Å². The van der Waals surface area contributed by atoms with Crippen molar-refractivity contribution in [2.75, 3.05) is 18.1 Å². The topological polar surface area (TPSA) is 64.6 Å². The molecule has 1 aliphatic rings. The Balaban J connectivity index is 0.000000175. The highest BCUT2D eigenvalue weighted by Crippen LogP contribution is 2.14. The number of epoxide rings is 1. The third-order valence-corrected chi connectivity index (χ3v) is 1.74. The fourth-order valence-electron chi connectivity index (χ4n) is 0.790. The van der Waals surface area contributed by atoms with E-state index in [-0.39, 0.29) is 0 Å². The van der Waals surface area contributed by atoms with Gasteiger partial charge in [0.25, 0.3) is 0 Å². The second-order valence-electron chi connectivity index (χ2n) is 3.28. The van der Waals surface area contributed by atoms with Crippen molar-refractivity contribution in [2.45, 2.75) is 20.0 Å². The van der Waals surface area contributed by atoms with Crippen molar-refractivity contribution >= 4 is 11.4 Å². The highest BCUT2D eigenvalue weighted by molar-refractivity contribution is 5.63. The van der Waals surface area contributed by atoms with Crippen LogP contribution in [0.5, 0.6) is 0 Å². The van der Waals surface area contributed by atoms with E-state index in [2.05, 4.69) is 6.92 Å². The lowest BCUT2D eigenvalue weighted by Gasteiger charge is -1.98. The van der Waals surface area contributed by atoms with Crippen LogP contribution < -0.4 is 11.5 Å². The lowest BCUT2D eigenvalue weighted by Crippen LogP contribution is -1.93. The molecule has 1 saturated heterocycles. The molecule has 3 heteroatoms. The van der Waals surface area contributed by atoms with Crippen LogP contribution in [-0.4, -0.2) is 12.7 Å². The molecule has 0 amide bonds. The van der Waals surface area contributed by atoms with E-state index in [1.165, 1.54) is 0 Å². The van der Waals surface area contributed by atoms with Crippen LogP contribution in [0.25, 0.3) is 0 Å². The highest BCUT2D eigenvalue weighted by atomic mass is 16.6. The van der Waals surface area contributed by atoms with Crippen molar-refractivity contribution in [1.82, 2.24) is 0 Å². The first-order valence-electron chi connectivity index (χ1n) is 4.33. The number of benzene rings is 1. The van der Waals surface area contributed by atoms with Gasteiger partial charge in [-0.05, 0) is 31.5 Å². The van der Waals surface area contributed by atoms with Gasteiger partial charge in [0.05, 0.1) is 24.1 Å². The molecule has 0 radical (unpaired) electrons. The quantitative estimate of drug-likeness (QED) is 0.470. The summed E-state index contributed by atoms with van der Waals surface area (Å²) >= 11 is 0. The molecule has 0 aliphatic carbocycles. The van der Waals surface area contributed by atoms with Gasteiger partial charge in [0.15, 0.2) is 0 Å². The predicted molar refractivity (Wildman–Crippen MR) is 55.4 cm³/mol. The minimum atomic E-state index is 0.583. The van der Waals surface area contributed by atoms with Crippen molar-refractivity contribution in [2.24, 2.45) is 0 Å². The molecule has 1 aromatic carbocycles. The van der Waals surface area contributed by atoms with Gasteiger partial charge in [-0.1, -0.05) is 6.07 Å². The number of nitrogens with two attached hydrogens (primary N) is 2. The fraction of sp³-hybridized carbons (Fsp3) is 0.400. The minimum absolute atomic E-state index is 0.583. The highest BCUT2D eigenvalue weighted by Gasteiger charge is 2.13. The number of hydrogen-bond donors (Lipinski definition) is 2. The molecule has 0 bridgehead atoms. The molecule has 72 valence electrons. The summed E-state index contributed by atoms with van der Waals surface area (Å²) in [4.78, 5) is 0. The van der Waals surface area contributed by atoms with Gasteiger partial charge in [0.1, 0.15) is 0 Å². The summed E-state index contributed by atoms with van der Waals surface area (Å²) in [6.45, 7) is 5.02. The fourth-order valence-corrected chi connectivity index (χ4v) is 0.790. The Morgan fingerprint density at radius 1 is 1.31 bits per heavy atom. The third-order valence-electron chi connectivity index (χ3n) is 1.74. The zero-order valence-electron chi connectivity index (χ0n) is 8.08. The standard InChI is InChI=1S/C7H10N2.C3H6O/c1-5-2-3-6(8)7(9)4-5;1-3-2-4-3/h2-4H,8-9H2,1H3;3H,2H2,1H3. The van der Waals surface area contributed by atoms with Gasteiger partial charge in [-0.25, -0.2) is 0 Å². The van der Waals surface area contributed by atoms with Crippen molar-refractivity contribution < 1.29 is 4.74 Å². The molecule has 0 saturated carbocycles. The average Bonchev–Trinajstić information content (AvgIpc) is 2.82. The van der Waals surface area contributed by atoms with E-state index in [1.807, 2.05) is 25.1 Å². The summed E-state index contributed by atoms with van der Waals surface area (Å²) in [5.74, 6) is 0. The van der Waals surface area contributed by atoms with Crippen LogP contribution in [-0.2, 0) is 4.74 Å². The predicted octanol–water partition coefficient (Wildman–Crippen LogP) is 1.56. The van der Waals surface area contributed by atoms with Gasteiger partial charge in [0.2, 0.25) is 0 Å². The molecule has 0 aromatic heterocycles. The van der Waals surface area contributed by atoms with E-state index in [0.717, 1.165) is 12.2 Å². The molecule has 2 rings (SSSR count). The second-order valence-corrected chi connectivity index (χ2v) is 3.28. The van der Waals surface area contributed by atoms with Crippen LogP contribution in [0.1, 0.15) is 12.5 Å². The van der Waals surface area contributed by atoms with E-state index in [0.29, 0.717) is 17.5 Å². The van der Waals surface area contributed by atoms with Crippen LogP contribution in [0.3, 0.4) is 0 Å². The van der Waals surface area contributed by atoms with E-state index < -0.39 is 0 Å². The smallest absolute Gasteiger partial charge is 0.0781 e. The molecule has 1 heterocycles. The number of anilines is 2. The number of hydrogen-bond acceptors (Lipinski definition) is 3. The first-order valence-corrected chi connectivity index (χ1v) is 4.33. The maximum absolute atomic E-state index is 5.50. The molecule has 13 heavy (non-hydrogen) atoms. The Bertz CT molecular complexity index is 282. The van der Waals surface area contributed by atoms with Crippen LogP contribution in [0.2, 0.25) is 0 Å². The first-order chi connectivity index (χ1) is 6.09. The third kappa shape index (κ3) is 3.80. The van der Waals surface area contributed by atoms with E-state index in [4.69, 9.17) is 16.2 Å². The summed E-state index contributed by atoms with van der Waals surface area (Å²) < 4.78 is 4.71. The second kappa shape index (κ2) is 4.14. The van der Waals surface area contributed by atoms with E-state index in [9.17, 15) is 0 Å². The van der Waals surface area contributed by atoms with Gasteiger partial charge in [0, 0.05) is 0 Å². The van der Waals surface area contributed by atoms with Crippen LogP contribution in [0.15, 0.2) is 18.2 Å². The van der Waals surface area contributed by atoms with E-state index in [1.54, 1.807) is 0 Å². The zero-order valence-corrected chi connectivity index (χ0v) is 8.08. The summed E-state index contributed by atoms with van der Waals surface area (Å²) in [6, 6.07) is 5.60. The maximum atomic E-state index is 5.50. The molecule has 4 N–H and O–H groups in total. The van der Waals surface area contributed by atoms with E-state index >= 15 is 0 Å². The molecule has 1 unspecified atom stereocenters. The zero-order chi connectivity index (χ0) is 9.84. The summed E-state index contributed by atoms with van der Waals surface area (Å²) in [5.41, 5.74) is 13.4. The monoisotopic (exact) mass is 180 g/mol. The molecule has 1 fully saturated rings. The van der Waals surface area contributed by atoms with Gasteiger partial charge in [-0.2, -0.15) is 0 Å². The lowest BCUT2D eigenvalue weighted by molar-refractivity contribution is 0.423. The molecular formula is C10H16N2O. The van der Waals surface area contributed by atoms with Crippen molar-refractivity contribution in [1.29, 1.82) is 0 Å². The van der Waals surface area contributed by atoms with Gasteiger partial charge >= 0.3 is 0 Å². The largest absolute Gasteiger partial charge is 0.397 e. The van der Waals surface area contributed by atoms with Crippen molar-refractivity contribution in [3.05, 3.63) is 23.8 Å². The van der Waals surface area contributed by atoms with Gasteiger partial charge < -0.3 is 16.2 Å². The summed E-state index contributed by atoms with van der Waals surface area (Å²) in [7, 11) is 0. The maximum Gasteiger partial charge on any atom is 0.0781 e. The minimum Gasteiger partial charge on any atom is -0.397 e. The Labute approximate surface area is 78.7 Å². The Morgan fingerprint density at radius 3 is 2.15 bits per heavy atom. The Morgan fingerprint density at radius 2 is 1.85 bits per heavy atom. The van der Waals surface area contributed by atoms with Gasteiger partial charge in [-0.3, -0.25) is 0 Å². The van der Waals surface area contributed by atoms with Crippen LogP contribution in [0.4, 0.5) is 11.4 Å². The molecule has 1 aromatic rings. The summed E-state index contributed by atoms with van der Waals surface area (Å²) in [6.07, 6.45) is 0.583. The normalized spacial score (nSPS) is 18.8. The van der Waals surface area contributed by atoms with Crippen molar-refractivity contribution in [3.63, 3.8) is 0 Å². The van der Waals surface area contributed by atoms with Crippen LogP contribution >= 0.6 is 0 Å². The molecule has 0 spiro atoms. The molecular weight excluding hydrogens is 164 g/mol. The number of rotatable bonds is 0. The number of aryl methyl sites for hydroxylation is 1. The first kappa shape index (κ1) is 9.86. The molecule has 3 nitrogen and oxygen atoms in total. The SMILES string of the molecule is CC1CO1.Cc1ccc(N)c(N)c1. The average molecular weight is 180 g/mol. The molecule has 1 atom stereocenters. The number of ether oxygens (including phenoxy) is 1. The summed E-state index contributed by atoms with van der Waals surface area (Å²) in [5, 5.41) is 0. The Kier molecular flexibility index (Phi) is 3.14. The van der Waals surface area contributed by atoms with Crippen molar-refractivity contribution in [3.8, 4) is 0 Å². The lowest BCUT2D eigenvalue weighted by atomic mass is 10.2. The Hall–Kier alpha value is -1.22.